The minimum atomic E-state index is 0.128. The van der Waals surface area contributed by atoms with E-state index in [1.54, 1.807) is 0 Å². The molecule has 1 aliphatic rings. The first-order valence-electron chi connectivity index (χ1n) is 6.50. The fourth-order valence-corrected chi connectivity index (χ4v) is 2.28. The van der Waals surface area contributed by atoms with Crippen molar-refractivity contribution in [3.63, 3.8) is 0 Å². The molecule has 2 heteroatoms. The molecule has 96 valence electrons. The SMILES string of the molecule is CCC.Cc1cc2c(n1C)CC(C)(C)CC2=O. The maximum atomic E-state index is 11.9. The lowest BCUT2D eigenvalue weighted by Gasteiger charge is -2.29. The van der Waals surface area contributed by atoms with Gasteiger partial charge in [0.25, 0.3) is 0 Å². The molecule has 0 saturated carbocycles. The lowest BCUT2D eigenvalue weighted by Crippen LogP contribution is -2.27. The van der Waals surface area contributed by atoms with Crippen LogP contribution in [0.2, 0.25) is 0 Å². The van der Waals surface area contributed by atoms with E-state index in [9.17, 15) is 4.79 Å². The van der Waals surface area contributed by atoms with Crippen LogP contribution < -0.4 is 0 Å². The predicted molar refractivity (Wildman–Crippen MR) is 72.5 cm³/mol. The summed E-state index contributed by atoms with van der Waals surface area (Å²) < 4.78 is 2.15. The molecular weight excluding hydrogens is 210 g/mol. The highest BCUT2D eigenvalue weighted by molar-refractivity contribution is 5.99. The Morgan fingerprint density at radius 3 is 2.35 bits per heavy atom. The van der Waals surface area contributed by atoms with Crippen LogP contribution in [0.5, 0.6) is 0 Å². The molecule has 0 spiro atoms. The quantitative estimate of drug-likeness (QED) is 0.668. The largest absolute Gasteiger partial charge is 0.351 e. The molecule has 2 rings (SSSR count). The summed E-state index contributed by atoms with van der Waals surface area (Å²) in [5, 5.41) is 0. The van der Waals surface area contributed by atoms with Crippen molar-refractivity contribution in [2.75, 3.05) is 0 Å². The van der Waals surface area contributed by atoms with Crippen LogP contribution in [0.3, 0.4) is 0 Å². The molecule has 0 N–H and O–H groups in total. The summed E-state index contributed by atoms with van der Waals surface area (Å²) in [6.07, 6.45) is 2.95. The van der Waals surface area contributed by atoms with Crippen LogP contribution in [0.15, 0.2) is 6.07 Å². The molecular formula is C15H25NO. The van der Waals surface area contributed by atoms with Crippen molar-refractivity contribution in [2.24, 2.45) is 12.5 Å². The van der Waals surface area contributed by atoms with E-state index < -0.39 is 0 Å². The van der Waals surface area contributed by atoms with Crippen LogP contribution in [0.4, 0.5) is 0 Å². The third kappa shape index (κ3) is 2.99. The number of hydrogen-bond acceptors (Lipinski definition) is 1. The fraction of sp³-hybridized carbons (Fsp3) is 0.667. The monoisotopic (exact) mass is 235 g/mol. The van der Waals surface area contributed by atoms with Gasteiger partial charge in [0.2, 0.25) is 0 Å². The molecule has 17 heavy (non-hydrogen) atoms. The maximum absolute atomic E-state index is 11.9. The molecule has 0 bridgehead atoms. The second kappa shape index (κ2) is 5.07. The van der Waals surface area contributed by atoms with Gasteiger partial charge in [-0.15, -0.1) is 0 Å². The number of nitrogens with zero attached hydrogens (tertiary/aromatic N) is 1. The van der Waals surface area contributed by atoms with Gasteiger partial charge in [-0.2, -0.15) is 0 Å². The molecule has 0 unspecified atom stereocenters. The number of rotatable bonds is 0. The summed E-state index contributed by atoms with van der Waals surface area (Å²) in [6, 6.07) is 2.02. The summed E-state index contributed by atoms with van der Waals surface area (Å²) in [5.41, 5.74) is 3.47. The lowest BCUT2D eigenvalue weighted by atomic mass is 9.76. The van der Waals surface area contributed by atoms with E-state index in [4.69, 9.17) is 0 Å². The summed E-state index contributed by atoms with van der Waals surface area (Å²) >= 11 is 0. The standard InChI is InChI=1S/C12H17NO.C3H8/c1-8-5-9-10(13(8)4)6-12(2,3)7-11(9)14;1-3-2/h5H,6-7H2,1-4H3;3H2,1-2H3. The van der Waals surface area contributed by atoms with Gasteiger partial charge in [0, 0.05) is 30.4 Å². The normalized spacial score (nSPS) is 17.2. The number of hydrogen-bond donors (Lipinski definition) is 0. The van der Waals surface area contributed by atoms with Crippen molar-refractivity contribution in [3.05, 3.63) is 23.0 Å². The Labute approximate surface area is 105 Å². The highest BCUT2D eigenvalue weighted by Crippen LogP contribution is 2.35. The first-order valence-corrected chi connectivity index (χ1v) is 6.50. The first-order chi connectivity index (χ1) is 7.82. The molecule has 1 aromatic heterocycles. The Morgan fingerprint density at radius 2 is 1.82 bits per heavy atom. The van der Waals surface area contributed by atoms with E-state index in [0.29, 0.717) is 12.2 Å². The molecule has 1 aliphatic carbocycles. The van der Waals surface area contributed by atoms with Gasteiger partial charge in [-0.1, -0.05) is 34.1 Å². The molecule has 0 fully saturated rings. The van der Waals surface area contributed by atoms with Gasteiger partial charge in [-0.05, 0) is 24.8 Å². The molecule has 0 amide bonds. The van der Waals surface area contributed by atoms with Gasteiger partial charge in [0.1, 0.15) is 0 Å². The zero-order chi connectivity index (χ0) is 13.2. The van der Waals surface area contributed by atoms with E-state index in [1.807, 2.05) is 13.1 Å². The molecule has 0 radical (unpaired) electrons. The van der Waals surface area contributed by atoms with Crippen molar-refractivity contribution in [1.29, 1.82) is 0 Å². The van der Waals surface area contributed by atoms with E-state index in [1.165, 1.54) is 17.8 Å². The second-order valence-corrected chi connectivity index (χ2v) is 5.85. The Balaban J connectivity index is 0.000000437. The Bertz CT molecular complexity index is 413. The third-order valence-electron chi connectivity index (χ3n) is 3.18. The van der Waals surface area contributed by atoms with E-state index in [-0.39, 0.29) is 5.41 Å². The van der Waals surface area contributed by atoms with Gasteiger partial charge in [-0.3, -0.25) is 4.79 Å². The van der Waals surface area contributed by atoms with Gasteiger partial charge >= 0.3 is 0 Å². The number of carbonyl (C=O) groups is 1. The minimum absolute atomic E-state index is 0.128. The van der Waals surface area contributed by atoms with Crippen LogP contribution in [0.1, 0.15) is 62.3 Å². The first kappa shape index (κ1) is 14.0. The van der Waals surface area contributed by atoms with Crippen molar-refractivity contribution in [3.8, 4) is 0 Å². The molecule has 0 aromatic carbocycles. The molecule has 0 aliphatic heterocycles. The van der Waals surface area contributed by atoms with Crippen LogP contribution >= 0.6 is 0 Å². The van der Waals surface area contributed by atoms with Crippen LogP contribution in [0, 0.1) is 12.3 Å². The number of carbonyl (C=O) groups excluding carboxylic acids is 1. The van der Waals surface area contributed by atoms with Crippen LogP contribution in [0.25, 0.3) is 0 Å². The van der Waals surface area contributed by atoms with E-state index >= 15 is 0 Å². The highest BCUT2D eigenvalue weighted by atomic mass is 16.1. The van der Waals surface area contributed by atoms with Crippen molar-refractivity contribution < 1.29 is 4.79 Å². The molecule has 1 aromatic rings. The number of aromatic nitrogens is 1. The molecule has 2 nitrogen and oxygen atoms in total. The molecule has 0 saturated heterocycles. The lowest BCUT2D eigenvalue weighted by molar-refractivity contribution is 0.0910. The smallest absolute Gasteiger partial charge is 0.165 e. The Hall–Kier alpha value is -1.05. The van der Waals surface area contributed by atoms with Gasteiger partial charge in [0.15, 0.2) is 5.78 Å². The topological polar surface area (TPSA) is 22.0 Å². The number of aryl methyl sites for hydroxylation is 1. The third-order valence-corrected chi connectivity index (χ3v) is 3.18. The van der Waals surface area contributed by atoms with E-state index in [2.05, 4.69) is 39.2 Å². The zero-order valence-electron chi connectivity index (χ0n) is 12.1. The number of Topliss-reactive ketones (excluding diaryl/α,β-unsaturated/α-hetero) is 1. The van der Waals surface area contributed by atoms with Gasteiger partial charge in [-0.25, -0.2) is 0 Å². The summed E-state index contributed by atoms with van der Waals surface area (Å²) in [5.74, 6) is 0.306. The number of ketones is 1. The average molecular weight is 235 g/mol. The van der Waals surface area contributed by atoms with Gasteiger partial charge in [0.05, 0.1) is 0 Å². The minimum Gasteiger partial charge on any atom is -0.351 e. The summed E-state index contributed by atoms with van der Waals surface area (Å²) in [7, 11) is 2.04. The summed E-state index contributed by atoms with van der Waals surface area (Å²) in [4.78, 5) is 11.9. The summed E-state index contributed by atoms with van der Waals surface area (Å²) in [6.45, 7) is 10.6. The predicted octanol–water partition coefficient (Wildman–Crippen LogP) is 3.90. The van der Waals surface area contributed by atoms with Crippen molar-refractivity contribution in [2.45, 2.75) is 53.9 Å². The van der Waals surface area contributed by atoms with E-state index in [0.717, 1.165) is 12.0 Å². The zero-order valence-corrected chi connectivity index (χ0v) is 12.1. The van der Waals surface area contributed by atoms with Gasteiger partial charge < -0.3 is 4.57 Å². The molecule has 1 heterocycles. The molecule has 0 atom stereocenters. The Kier molecular flexibility index (Phi) is 4.18. The fourth-order valence-electron chi connectivity index (χ4n) is 2.28. The van der Waals surface area contributed by atoms with Crippen LogP contribution in [-0.4, -0.2) is 10.4 Å². The average Bonchev–Trinajstić information content (AvgIpc) is 2.45. The highest BCUT2D eigenvalue weighted by Gasteiger charge is 2.32. The van der Waals surface area contributed by atoms with Crippen molar-refractivity contribution in [1.82, 2.24) is 4.57 Å². The maximum Gasteiger partial charge on any atom is 0.165 e. The van der Waals surface area contributed by atoms with Crippen LogP contribution in [-0.2, 0) is 13.5 Å². The van der Waals surface area contributed by atoms with Crippen molar-refractivity contribution >= 4 is 5.78 Å². The Morgan fingerprint density at radius 1 is 1.29 bits per heavy atom. The second-order valence-electron chi connectivity index (χ2n) is 5.85. The number of fused-ring (bicyclic) bond motifs is 1.